The molecular formula is C47H33N. The van der Waals surface area contributed by atoms with Crippen LogP contribution >= 0.6 is 0 Å². The van der Waals surface area contributed by atoms with Crippen molar-refractivity contribution in [1.29, 1.82) is 0 Å². The van der Waals surface area contributed by atoms with E-state index in [4.69, 9.17) is 0 Å². The lowest BCUT2D eigenvalue weighted by Gasteiger charge is -2.30. The molecule has 0 atom stereocenters. The summed E-state index contributed by atoms with van der Waals surface area (Å²) in [4.78, 5) is 2.50. The molecule has 9 aromatic rings. The highest BCUT2D eigenvalue weighted by atomic mass is 15.1. The Kier molecular flexibility index (Phi) is 5.69. The molecule has 0 heterocycles. The van der Waals surface area contributed by atoms with E-state index in [2.05, 4.69) is 183 Å². The van der Waals surface area contributed by atoms with Crippen molar-refractivity contribution < 1.29 is 0 Å². The first-order valence-corrected chi connectivity index (χ1v) is 16.9. The number of rotatable bonds is 3. The monoisotopic (exact) mass is 611 g/mol. The minimum Gasteiger partial charge on any atom is -0.310 e. The van der Waals surface area contributed by atoms with E-state index in [1.807, 2.05) is 0 Å². The molecule has 0 saturated carbocycles. The highest BCUT2D eigenvalue weighted by Crippen LogP contribution is 2.52. The van der Waals surface area contributed by atoms with Crippen LogP contribution in [0.2, 0.25) is 0 Å². The van der Waals surface area contributed by atoms with Crippen molar-refractivity contribution in [3.63, 3.8) is 0 Å². The zero-order valence-electron chi connectivity index (χ0n) is 27.0. The molecule has 0 spiro atoms. The maximum absolute atomic E-state index is 2.50. The molecule has 1 nitrogen and oxygen atoms in total. The van der Waals surface area contributed by atoms with Gasteiger partial charge in [-0.3, -0.25) is 0 Å². The first kappa shape index (κ1) is 27.2. The van der Waals surface area contributed by atoms with Crippen molar-refractivity contribution in [3.05, 3.63) is 175 Å². The topological polar surface area (TPSA) is 3.24 Å². The Balaban J connectivity index is 1.30. The molecule has 1 aliphatic carbocycles. The first-order chi connectivity index (χ1) is 23.6. The summed E-state index contributed by atoms with van der Waals surface area (Å²) >= 11 is 0. The van der Waals surface area contributed by atoms with E-state index in [0.29, 0.717) is 0 Å². The van der Waals surface area contributed by atoms with Crippen LogP contribution in [0.1, 0.15) is 25.0 Å². The SMILES string of the molecule is CC1(C)c2ccccc2-c2ccc(N(c3ccc4c(ccc5ccccc54)c3)c3cccc4c5ccccc5c5ccccc5c34)cc21. The van der Waals surface area contributed by atoms with Gasteiger partial charge in [0.15, 0.2) is 0 Å². The maximum atomic E-state index is 2.50. The molecular weight excluding hydrogens is 579 g/mol. The molecule has 10 rings (SSSR count). The molecule has 0 saturated heterocycles. The Morgan fingerprint density at radius 1 is 0.375 bits per heavy atom. The zero-order chi connectivity index (χ0) is 32.0. The van der Waals surface area contributed by atoms with Crippen LogP contribution in [0.25, 0.3) is 65.0 Å². The van der Waals surface area contributed by atoms with Crippen LogP contribution in [-0.2, 0) is 5.41 Å². The smallest absolute Gasteiger partial charge is 0.0546 e. The van der Waals surface area contributed by atoms with Gasteiger partial charge in [0, 0.05) is 22.2 Å². The normalized spacial score (nSPS) is 13.4. The second kappa shape index (κ2) is 10.0. The van der Waals surface area contributed by atoms with E-state index in [-0.39, 0.29) is 5.41 Å². The average molecular weight is 612 g/mol. The summed E-state index contributed by atoms with van der Waals surface area (Å²) in [6, 6.07) is 60.8. The number of hydrogen-bond donors (Lipinski definition) is 0. The van der Waals surface area contributed by atoms with Gasteiger partial charge in [-0.2, -0.15) is 0 Å². The fourth-order valence-electron chi connectivity index (χ4n) is 8.52. The van der Waals surface area contributed by atoms with Crippen LogP contribution in [0.3, 0.4) is 0 Å². The number of anilines is 3. The van der Waals surface area contributed by atoms with Crippen LogP contribution < -0.4 is 4.90 Å². The van der Waals surface area contributed by atoms with Crippen LogP contribution in [0.4, 0.5) is 17.1 Å². The predicted molar refractivity (Wildman–Crippen MR) is 206 cm³/mol. The van der Waals surface area contributed by atoms with Gasteiger partial charge < -0.3 is 4.90 Å². The number of fused-ring (bicyclic) bond motifs is 12. The number of nitrogens with zero attached hydrogens (tertiary/aromatic N) is 1. The van der Waals surface area contributed by atoms with Crippen LogP contribution in [0.15, 0.2) is 164 Å². The van der Waals surface area contributed by atoms with Crippen molar-refractivity contribution in [2.45, 2.75) is 19.3 Å². The van der Waals surface area contributed by atoms with Gasteiger partial charge in [0.1, 0.15) is 0 Å². The molecule has 0 bridgehead atoms. The quantitative estimate of drug-likeness (QED) is 0.180. The average Bonchev–Trinajstić information content (AvgIpc) is 3.37. The lowest BCUT2D eigenvalue weighted by Crippen LogP contribution is -2.16. The third-order valence-electron chi connectivity index (χ3n) is 10.8. The highest BCUT2D eigenvalue weighted by Gasteiger charge is 2.36. The van der Waals surface area contributed by atoms with Gasteiger partial charge in [0.05, 0.1) is 5.69 Å². The fraction of sp³-hybridized carbons (Fsp3) is 0.0638. The Bertz CT molecular complexity index is 2720. The van der Waals surface area contributed by atoms with Crippen molar-refractivity contribution in [3.8, 4) is 11.1 Å². The van der Waals surface area contributed by atoms with Crippen LogP contribution in [0, 0.1) is 0 Å². The molecule has 0 fully saturated rings. The summed E-state index contributed by atoms with van der Waals surface area (Å²) in [5.74, 6) is 0. The maximum Gasteiger partial charge on any atom is 0.0546 e. The van der Waals surface area contributed by atoms with Gasteiger partial charge in [0.25, 0.3) is 0 Å². The standard InChI is InChI=1S/C47H33N/c1-47(2)43-20-10-9-17-39(43)40-27-25-33(29-44(40)47)48(32-24-26-35-31(28-32)23-22-30-12-3-4-13-34(30)35)45-21-11-19-42-38-15-6-5-14-36(38)37-16-7-8-18-41(37)46(42)45/h3-29H,1-2H3. The van der Waals surface area contributed by atoms with E-state index < -0.39 is 0 Å². The number of hydrogen-bond acceptors (Lipinski definition) is 1. The Labute approximate surface area is 280 Å². The minimum atomic E-state index is -0.0996. The van der Waals surface area contributed by atoms with Crippen molar-refractivity contribution in [1.82, 2.24) is 0 Å². The minimum absolute atomic E-state index is 0.0996. The summed E-state index contributed by atoms with van der Waals surface area (Å²) < 4.78 is 0. The van der Waals surface area contributed by atoms with Gasteiger partial charge in [-0.15, -0.1) is 0 Å². The van der Waals surface area contributed by atoms with Gasteiger partial charge in [-0.1, -0.05) is 147 Å². The van der Waals surface area contributed by atoms with E-state index in [1.165, 1.54) is 87.5 Å². The Morgan fingerprint density at radius 2 is 0.917 bits per heavy atom. The van der Waals surface area contributed by atoms with Crippen molar-refractivity contribution in [2.24, 2.45) is 0 Å². The Hall–Kier alpha value is -5.92. The summed E-state index contributed by atoms with van der Waals surface area (Å²) in [6.45, 7) is 4.73. The summed E-state index contributed by atoms with van der Waals surface area (Å²) in [5.41, 5.74) is 8.84. The summed E-state index contributed by atoms with van der Waals surface area (Å²) in [5, 5.41) is 12.7. The first-order valence-electron chi connectivity index (χ1n) is 16.9. The van der Waals surface area contributed by atoms with Crippen molar-refractivity contribution in [2.75, 3.05) is 4.90 Å². The van der Waals surface area contributed by atoms with Gasteiger partial charge in [0.2, 0.25) is 0 Å². The molecule has 0 unspecified atom stereocenters. The lowest BCUT2D eigenvalue weighted by molar-refractivity contribution is 0.660. The summed E-state index contributed by atoms with van der Waals surface area (Å²) in [7, 11) is 0. The van der Waals surface area contributed by atoms with Gasteiger partial charge in [-0.25, -0.2) is 0 Å². The Morgan fingerprint density at radius 3 is 1.71 bits per heavy atom. The van der Waals surface area contributed by atoms with Crippen LogP contribution in [0.5, 0.6) is 0 Å². The molecule has 0 aromatic heterocycles. The third kappa shape index (κ3) is 3.79. The van der Waals surface area contributed by atoms with E-state index in [1.54, 1.807) is 0 Å². The molecule has 1 aliphatic rings. The largest absolute Gasteiger partial charge is 0.310 e. The fourth-order valence-corrected chi connectivity index (χ4v) is 8.52. The highest BCUT2D eigenvalue weighted by molar-refractivity contribution is 6.28. The molecule has 0 amide bonds. The third-order valence-corrected chi connectivity index (χ3v) is 10.8. The van der Waals surface area contributed by atoms with Crippen molar-refractivity contribution >= 4 is 70.9 Å². The molecule has 0 radical (unpaired) electrons. The predicted octanol–water partition coefficient (Wildman–Crippen LogP) is 13.2. The molecule has 0 N–H and O–H groups in total. The molecule has 9 aromatic carbocycles. The van der Waals surface area contributed by atoms with E-state index >= 15 is 0 Å². The van der Waals surface area contributed by atoms with Gasteiger partial charge >= 0.3 is 0 Å². The molecule has 226 valence electrons. The zero-order valence-corrected chi connectivity index (χ0v) is 27.0. The second-order valence-electron chi connectivity index (χ2n) is 13.7. The number of benzene rings is 9. The molecule has 48 heavy (non-hydrogen) atoms. The molecule has 1 heteroatoms. The summed E-state index contributed by atoms with van der Waals surface area (Å²) in [6.07, 6.45) is 0. The molecule has 0 aliphatic heterocycles. The lowest BCUT2D eigenvalue weighted by atomic mass is 9.82. The van der Waals surface area contributed by atoms with E-state index in [0.717, 1.165) is 5.69 Å². The van der Waals surface area contributed by atoms with E-state index in [9.17, 15) is 0 Å². The van der Waals surface area contributed by atoms with Gasteiger partial charge in [-0.05, 0) is 101 Å². The van der Waals surface area contributed by atoms with Crippen LogP contribution in [-0.4, -0.2) is 0 Å². The second-order valence-corrected chi connectivity index (χ2v) is 13.7.